The molecule has 0 aliphatic heterocycles. The van der Waals surface area contributed by atoms with Crippen LogP contribution >= 0.6 is 0 Å². The molecule has 0 spiro atoms. The fraction of sp³-hybridized carbons (Fsp3) is 0.235. The number of carboxylic acid groups (broad SMARTS) is 1. The molecule has 0 saturated carbocycles. The summed E-state index contributed by atoms with van der Waals surface area (Å²) in [5.74, 6) is 0.211. The highest BCUT2D eigenvalue weighted by Crippen LogP contribution is 2.47. The van der Waals surface area contributed by atoms with Crippen LogP contribution in [-0.2, 0) is 4.79 Å². The summed E-state index contributed by atoms with van der Waals surface area (Å²) in [5, 5.41) is 8.95. The summed E-state index contributed by atoms with van der Waals surface area (Å²) in [6.45, 7) is 0. The van der Waals surface area contributed by atoms with Crippen molar-refractivity contribution >= 4 is 5.97 Å². The smallest absolute Gasteiger partial charge is 0.303 e. The molecule has 20 heavy (non-hydrogen) atoms. The normalized spacial score (nSPS) is 15.6. The highest BCUT2D eigenvalue weighted by molar-refractivity contribution is 5.80. The van der Waals surface area contributed by atoms with Crippen LogP contribution in [0.1, 0.15) is 29.9 Å². The van der Waals surface area contributed by atoms with E-state index >= 15 is 0 Å². The average Bonchev–Trinajstić information content (AvgIpc) is 2.78. The summed E-state index contributed by atoms with van der Waals surface area (Å²) < 4.78 is 5.30. The molecule has 0 bridgehead atoms. The van der Waals surface area contributed by atoms with Gasteiger partial charge in [-0.1, -0.05) is 30.3 Å². The Kier molecular flexibility index (Phi) is 3.18. The molecule has 2 aromatic carbocycles. The van der Waals surface area contributed by atoms with Crippen LogP contribution in [0, 0.1) is 0 Å². The number of hydrogen-bond acceptors (Lipinski definition) is 2. The zero-order valence-electron chi connectivity index (χ0n) is 11.3. The first-order valence-corrected chi connectivity index (χ1v) is 6.69. The summed E-state index contributed by atoms with van der Waals surface area (Å²) >= 11 is 0. The monoisotopic (exact) mass is 268 g/mol. The molecule has 0 heterocycles. The third-order valence-corrected chi connectivity index (χ3v) is 3.91. The molecule has 1 aliphatic rings. The van der Waals surface area contributed by atoms with Gasteiger partial charge in [-0.2, -0.15) is 0 Å². The van der Waals surface area contributed by atoms with Gasteiger partial charge in [0, 0.05) is 12.3 Å². The zero-order valence-corrected chi connectivity index (χ0v) is 11.3. The molecule has 1 N–H and O–H groups in total. The maximum Gasteiger partial charge on any atom is 0.303 e. The Hall–Kier alpha value is -2.29. The molecule has 1 aliphatic carbocycles. The van der Waals surface area contributed by atoms with E-state index in [-0.39, 0.29) is 12.3 Å². The van der Waals surface area contributed by atoms with Gasteiger partial charge >= 0.3 is 5.97 Å². The van der Waals surface area contributed by atoms with Gasteiger partial charge in [0.2, 0.25) is 0 Å². The Morgan fingerprint density at radius 3 is 2.65 bits per heavy atom. The van der Waals surface area contributed by atoms with Crippen molar-refractivity contribution in [3.05, 3.63) is 53.6 Å². The van der Waals surface area contributed by atoms with Gasteiger partial charge in [0.15, 0.2) is 0 Å². The van der Waals surface area contributed by atoms with E-state index in [1.165, 1.54) is 22.3 Å². The summed E-state index contributed by atoms with van der Waals surface area (Å²) in [6.07, 6.45) is 0.794. The third-order valence-electron chi connectivity index (χ3n) is 3.91. The van der Waals surface area contributed by atoms with Crippen molar-refractivity contribution in [3.8, 4) is 16.9 Å². The minimum atomic E-state index is -0.751. The average molecular weight is 268 g/mol. The number of fused-ring (bicyclic) bond motifs is 3. The molecule has 0 aromatic heterocycles. The van der Waals surface area contributed by atoms with Gasteiger partial charge in [0.05, 0.1) is 7.11 Å². The van der Waals surface area contributed by atoms with E-state index in [9.17, 15) is 4.79 Å². The minimum absolute atomic E-state index is 0.146. The number of carbonyl (C=O) groups is 1. The molecule has 3 nitrogen and oxygen atoms in total. The third kappa shape index (κ3) is 2.05. The molecule has 1 unspecified atom stereocenters. The second-order valence-electron chi connectivity index (χ2n) is 5.03. The van der Waals surface area contributed by atoms with E-state index in [0.29, 0.717) is 6.42 Å². The van der Waals surface area contributed by atoms with E-state index in [4.69, 9.17) is 9.84 Å². The first-order valence-electron chi connectivity index (χ1n) is 6.69. The van der Waals surface area contributed by atoms with Gasteiger partial charge in [-0.3, -0.25) is 4.79 Å². The van der Waals surface area contributed by atoms with E-state index in [1.54, 1.807) is 7.11 Å². The van der Waals surface area contributed by atoms with Crippen LogP contribution in [0.4, 0.5) is 0 Å². The lowest BCUT2D eigenvalue weighted by atomic mass is 9.92. The lowest BCUT2D eigenvalue weighted by Crippen LogP contribution is -2.02. The van der Waals surface area contributed by atoms with Crippen LogP contribution in [-0.4, -0.2) is 18.2 Å². The summed E-state index contributed by atoms with van der Waals surface area (Å²) in [4.78, 5) is 10.9. The SMILES string of the molecule is COc1ccc2c(c1)C(CCC(=O)O)c1ccccc1-2. The molecular weight excluding hydrogens is 252 g/mol. The molecular formula is C17H16O3. The standard InChI is InChI=1S/C17H16O3/c1-20-11-6-7-14-12-4-2-3-5-13(12)15(16(14)10-11)8-9-17(18)19/h2-7,10,15H,8-9H2,1H3,(H,18,19). The van der Waals surface area contributed by atoms with Crippen molar-refractivity contribution < 1.29 is 14.6 Å². The summed E-state index contributed by atoms with van der Waals surface area (Å²) in [6, 6.07) is 14.3. The Labute approximate surface area is 117 Å². The lowest BCUT2D eigenvalue weighted by Gasteiger charge is -2.13. The molecule has 2 aromatic rings. The van der Waals surface area contributed by atoms with Crippen molar-refractivity contribution in [2.75, 3.05) is 7.11 Å². The predicted octanol–water partition coefficient (Wildman–Crippen LogP) is 3.67. The highest BCUT2D eigenvalue weighted by atomic mass is 16.5. The van der Waals surface area contributed by atoms with Crippen molar-refractivity contribution in [1.82, 2.24) is 0 Å². The Morgan fingerprint density at radius 1 is 1.15 bits per heavy atom. The Balaban J connectivity index is 2.07. The van der Waals surface area contributed by atoms with Gasteiger partial charge in [-0.25, -0.2) is 0 Å². The molecule has 0 amide bonds. The van der Waals surface area contributed by atoms with E-state index in [1.807, 2.05) is 24.3 Å². The van der Waals surface area contributed by atoms with Crippen LogP contribution in [0.25, 0.3) is 11.1 Å². The number of ether oxygens (including phenoxy) is 1. The Morgan fingerprint density at radius 2 is 1.90 bits per heavy atom. The quantitative estimate of drug-likeness (QED) is 0.920. The molecule has 3 rings (SSSR count). The van der Waals surface area contributed by atoms with Gasteiger partial charge in [-0.05, 0) is 40.8 Å². The largest absolute Gasteiger partial charge is 0.497 e. The van der Waals surface area contributed by atoms with Crippen molar-refractivity contribution in [2.24, 2.45) is 0 Å². The topological polar surface area (TPSA) is 46.5 Å². The van der Waals surface area contributed by atoms with Crippen molar-refractivity contribution in [2.45, 2.75) is 18.8 Å². The summed E-state index contributed by atoms with van der Waals surface area (Å²) in [7, 11) is 1.65. The van der Waals surface area contributed by atoms with Crippen LogP contribution in [0.2, 0.25) is 0 Å². The Bertz CT molecular complexity index is 661. The van der Waals surface area contributed by atoms with Crippen LogP contribution in [0.5, 0.6) is 5.75 Å². The molecule has 1 atom stereocenters. The molecule has 0 radical (unpaired) electrons. The number of aliphatic carboxylic acids is 1. The van der Waals surface area contributed by atoms with Gasteiger partial charge in [0.25, 0.3) is 0 Å². The first-order chi connectivity index (χ1) is 9.70. The first kappa shape index (κ1) is 12.7. The van der Waals surface area contributed by atoms with E-state index in [2.05, 4.69) is 18.2 Å². The predicted molar refractivity (Wildman–Crippen MR) is 77.1 cm³/mol. The zero-order chi connectivity index (χ0) is 14.1. The van der Waals surface area contributed by atoms with Crippen LogP contribution in [0.3, 0.4) is 0 Å². The van der Waals surface area contributed by atoms with Crippen molar-refractivity contribution in [3.63, 3.8) is 0 Å². The fourth-order valence-corrected chi connectivity index (χ4v) is 2.99. The van der Waals surface area contributed by atoms with Gasteiger partial charge in [0.1, 0.15) is 5.75 Å². The number of rotatable bonds is 4. The van der Waals surface area contributed by atoms with Crippen LogP contribution < -0.4 is 4.74 Å². The maximum atomic E-state index is 10.9. The number of benzene rings is 2. The molecule has 3 heteroatoms. The lowest BCUT2D eigenvalue weighted by molar-refractivity contribution is -0.137. The van der Waals surface area contributed by atoms with E-state index < -0.39 is 5.97 Å². The molecule has 102 valence electrons. The van der Waals surface area contributed by atoms with E-state index in [0.717, 1.165) is 5.75 Å². The molecule has 0 fully saturated rings. The van der Waals surface area contributed by atoms with Crippen molar-refractivity contribution in [1.29, 1.82) is 0 Å². The minimum Gasteiger partial charge on any atom is -0.497 e. The van der Waals surface area contributed by atoms with Crippen LogP contribution in [0.15, 0.2) is 42.5 Å². The number of carboxylic acids is 1. The second-order valence-corrected chi connectivity index (χ2v) is 5.03. The highest BCUT2D eigenvalue weighted by Gasteiger charge is 2.28. The maximum absolute atomic E-state index is 10.9. The fourth-order valence-electron chi connectivity index (χ4n) is 2.99. The number of methoxy groups -OCH3 is 1. The number of hydrogen-bond donors (Lipinski definition) is 1. The van der Waals surface area contributed by atoms with Gasteiger partial charge in [-0.15, -0.1) is 0 Å². The molecule has 0 saturated heterocycles. The van der Waals surface area contributed by atoms with Gasteiger partial charge < -0.3 is 9.84 Å². The second kappa shape index (κ2) is 5.00. The summed E-state index contributed by atoms with van der Waals surface area (Å²) in [5.41, 5.74) is 4.79.